The summed E-state index contributed by atoms with van der Waals surface area (Å²) in [5.41, 5.74) is 1.96. The van der Waals surface area contributed by atoms with Crippen LogP contribution in [0.15, 0.2) is 51.4 Å². The third kappa shape index (κ3) is 4.40. The average Bonchev–Trinajstić information content (AvgIpc) is 2.42. The number of likely N-dealkylation sites (N-methyl/N-ethyl adjacent to an activating group) is 1. The fourth-order valence-electron chi connectivity index (χ4n) is 2.19. The van der Waals surface area contributed by atoms with Crippen molar-refractivity contribution in [3.8, 4) is 0 Å². The Labute approximate surface area is 135 Å². The van der Waals surface area contributed by atoms with E-state index in [1.807, 2.05) is 25.2 Å². The summed E-state index contributed by atoms with van der Waals surface area (Å²) in [5.74, 6) is -0.150. The van der Waals surface area contributed by atoms with Crippen LogP contribution in [-0.2, 0) is 12.8 Å². The summed E-state index contributed by atoms with van der Waals surface area (Å²) < 4.78 is 15.8. The Kier molecular flexibility index (Phi) is 5.75. The molecule has 1 nitrogen and oxygen atoms in total. The van der Waals surface area contributed by atoms with E-state index >= 15 is 0 Å². The van der Waals surface area contributed by atoms with Crippen molar-refractivity contribution in [3.05, 3.63) is 68.4 Å². The van der Waals surface area contributed by atoms with E-state index < -0.39 is 0 Å². The molecule has 1 atom stereocenters. The molecule has 0 fully saturated rings. The zero-order valence-electron chi connectivity index (χ0n) is 11.2. The highest BCUT2D eigenvalue weighted by molar-refractivity contribution is 9.10. The van der Waals surface area contributed by atoms with Crippen molar-refractivity contribution in [1.82, 2.24) is 5.32 Å². The molecule has 0 radical (unpaired) electrons. The van der Waals surface area contributed by atoms with Gasteiger partial charge in [0.05, 0.1) is 0 Å². The first-order valence-corrected chi connectivity index (χ1v) is 8.02. The minimum Gasteiger partial charge on any atom is -0.316 e. The molecule has 0 bridgehead atoms. The van der Waals surface area contributed by atoms with Crippen molar-refractivity contribution in [3.63, 3.8) is 0 Å². The first kappa shape index (κ1) is 15.7. The van der Waals surface area contributed by atoms with Crippen LogP contribution in [0.25, 0.3) is 0 Å². The van der Waals surface area contributed by atoms with Gasteiger partial charge in [0, 0.05) is 15.0 Å². The molecule has 20 heavy (non-hydrogen) atoms. The highest BCUT2D eigenvalue weighted by atomic mass is 79.9. The topological polar surface area (TPSA) is 12.0 Å². The van der Waals surface area contributed by atoms with E-state index in [4.69, 9.17) is 0 Å². The summed E-state index contributed by atoms with van der Waals surface area (Å²) in [6.45, 7) is 0. The van der Waals surface area contributed by atoms with Crippen molar-refractivity contribution >= 4 is 31.9 Å². The van der Waals surface area contributed by atoms with Gasteiger partial charge in [0.15, 0.2) is 0 Å². The first-order valence-electron chi connectivity index (χ1n) is 6.44. The van der Waals surface area contributed by atoms with Gasteiger partial charge in [-0.25, -0.2) is 4.39 Å². The van der Waals surface area contributed by atoms with E-state index in [0.29, 0.717) is 6.42 Å². The molecule has 0 aromatic heterocycles. The van der Waals surface area contributed by atoms with Gasteiger partial charge in [-0.2, -0.15) is 0 Å². The molecule has 0 aliphatic heterocycles. The minimum atomic E-state index is -0.150. The fraction of sp³-hybridized carbons (Fsp3) is 0.250. The van der Waals surface area contributed by atoms with Crippen molar-refractivity contribution in [2.24, 2.45) is 0 Å². The number of rotatable bonds is 5. The van der Waals surface area contributed by atoms with E-state index in [-0.39, 0.29) is 11.9 Å². The average molecular weight is 401 g/mol. The van der Waals surface area contributed by atoms with Crippen LogP contribution in [0.4, 0.5) is 4.39 Å². The summed E-state index contributed by atoms with van der Waals surface area (Å²) in [6.07, 6.45) is 1.52. The van der Waals surface area contributed by atoms with Crippen LogP contribution in [0, 0.1) is 5.82 Å². The third-order valence-corrected chi connectivity index (χ3v) is 4.24. The molecule has 1 unspecified atom stereocenters. The SMILES string of the molecule is CNC(Cc1cccc(Br)c1)Cc1cc(Br)ccc1F. The predicted molar refractivity (Wildman–Crippen MR) is 88.5 cm³/mol. The van der Waals surface area contributed by atoms with Crippen molar-refractivity contribution < 1.29 is 4.39 Å². The van der Waals surface area contributed by atoms with Gasteiger partial charge in [-0.15, -0.1) is 0 Å². The molecule has 0 spiro atoms. The fourth-order valence-corrected chi connectivity index (χ4v) is 3.05. The Hall–Kier alpha value is -0.710. The number of benzene rings is 2. The highest BCUT2D eigenvalue weighted by Gasteiger charge is 2.12. The molecule has 2 aromatic rings. The lowest BCUT2D eigenvalue weighted by atomic mass is 9.99. The third-order valence-electron chi connectivity index (χ3n) is 3.25. The molecule has 106 valence electrons. The normalized spacial score (nSPS) is 12.4. The molecule has 0 amide bonds. The smallest absolute Gasteiger partial charge is 0.126 e. The maximum atomic E-state index is 13.8. The zero-order chi connectivity index (χ0) is 14.5. The molecule has 0 saturated heterocycles. The van der Waals surface area contributed by atoms with Crippen molar-refractivity contribution in [2.45, 2.75) is 18.9 Å². The van der Waals surface area contributed by atoms with Gasteiger partial charge in [0.25, 0.3) is 0 Å². The number of nitrogens with one attached hydrogen (secondary N) is 1. The van der Waals surface area contributed by atoms with E-state index in [1.54, 1.807) is 6.07 Å². The predicted octanol–water partition coefficient (Wildman–Crippen LogP) is 4.72. The molecule has 1 N–H and O–H groups in total. The first-order chi connectivity index (χ1) is 9.58. The Morgan fingerprint density at radius 2 is 1.80 bits per heavy atom. The van der Waals surface area contributed by atoms with Gasteiger partial charge in [-0.3, -0.25) is 0 Å². The monoisotopic (exact) mass is 399 g/mol. The van der Waals surface area contributed by atoms with Crippen molar-refractivity contribution in [1.29, 1.82) is 0 Å². The molecule has 0 aliphatic rings. The molecule has 0 aliphatic carbocycles. The molecular weight excluding hydrogens is 385 g/mol. The molecule has 2 rings (SSSR count). The highest BCUT2D eigenvalue weighted by Crippen LogP contribution is 2.19. The Balaban J connectivity index is 2.11. The van der Waals surface area contributed by atoms with Gasteiger partial charge >= 0.3 is 0 Å². The quantitative estimate of drug-likeness (QED) is 0.765. The lowest BCUT2D eigenvalue weighted by molar-refractivity contribution is 0.532. The van der Waals surface area contributed by atoms with Gasteiger partial charge in [-0.05, 0) is 61.3 Å². The number of hydrogen-bond acceptors (Lipinski definition) is 1. The zero-order valence-corrected chi connectivity index (χ0v) is 14.3. The van der Waals surface area contributed by atoms with Crippen LogP contribution in [-0.4, -0.2) is 13.1 Å². The Bertz CT molecular complexity index is 586. The van der Waals surface area contributed by atoms with Gasteiger partial charge in [0.2, 0.25) is 0 Å². The standard InChI is InChI=1S/C16H16Br2FN/c1-20-15(8-11-3-2-4-13(17)7-11)10-12-9-14(18)5-6-16(12)19/h2-7,9,15,20H,8,10H2,1H3. The second-order valence-corrected chi connectivity index (χ2v) is 6.59. The maximum absolute atomic E-state index is 13.8. The number of hydrogen-bond donors (Lipinski definition) is 1. The van der Waals surface area contributed by atoms with Gasteiger partial charge in [0.1, 0.15) is 5.82 Å². The molecule has 0 saturated carbocycles. The summed E-state index contributed by atoms with van der Waals surface area (Å²) >= 11 is 6.87. The van der Waals surface area contributed by atoms with Gasteiger partial charge < -0.3 is 5.32 Å². The lowest BCUT2D eigenvalue weighted by Gasteiger charge is -2.17. The molecular formula is C16H16Br2FN. The van der Waals surface area contributed by atoms with E-state index in [2.05, 4.69) is 49.3 Å². The van der Waals surface area contributed by atoms with Crippen LogP contribution in [0.1, 0.15) is 11.1 Å². The van der Waals surface area contributed by atoms with Crippen LogP contribution in [0.5, 0.6) is 0 Å². The Morgan fingerprint density at radius 3 is 2.50 bits per heavy atom. The summed E-state index contributed by atoms with van der Waals surface area (Å²) in [6, 6.07) is 13.5. The second-order valence-electron chi connectivity index (χ2n) is 4.76. The number of halogens is 3. The van der Waals surface area contributed by atoms with Crippen LogP contribution in [0.3, 0.4) is 0 Å². The van der Waals surface area contributed by atoms with Crippen molar-refractivity contribution in [2.75, 3.05) is 7.05 Å². The van der Waals surface area contributed by atoms with Crippen LogP contribution >= 0.6 is 31.9 Å². The minimum absolute atomic E-state index is 0.150. The summed E-state index contributed by atoms with van der Waals surface area (Å²) in [4.78, 5) is 0. The molecule has 2 aromatic carbocycles. The van der Waals surface area contributed by atoms with Crippen LogP contribution < -0.4 is 5.32 Å². The van der Waals surface area contributed by atoms with Crippen LogP contribution in [0.2, 0.25) is 0 Å². The maximum Gasteiger partial charge on any atom is 0.126 e. The lowest BCUT2D eigenvalue weighted by Crippen LogP contribution is -2.30. The van der Waals surface area contributed by atoms with E-state index in [0.717, 1.165) is 20.9 Å². The summed E-state index contributed by atoms with van der Waals surface area (Å²) in [7, 11) is 1.92. The second kappa shape index (κ2) is 7.34. The van der Waals surface area contributed by atoms with Gasteiger partial charge in [-0.1, -0.05) is 44.0 Å². The molecule has 0 heterocycles. The summed E-state index contributed by atoms with van der Waals surface area (Å²) in [5, 5.41) is 3.27. The van der Waals surface area contributed by atoms with E-state index in [1.165, 1.54) is 11.6 Å². The molecule has 4 heteroatoms. The largest absolute Gasteiger partial charge is 0.316 e. The Morgan fingerprint density at radius 1 is 1.05 bits per heavy atom. The van der Waals surface area contributed by atoms with E-state index in [9.17, 15) is 4.39 Å².